The van der Waals surface area contributed by atoms with Gasteiger partial charge >= 0.3 is 0 Å². The molecule has 4 heteroatoms. The van der Waals surface area contributed by atoms with Gasteiger partial charge in [0.05, 0.1) is 3.79 Å². The Balaban J connectivity index is 1.87. The first-order valence-corrected chi connectivity index (χ1v) is 8.63. The van der Waals surface area contributed by atoms with Gasteiger partial charge in [-0.05, 0) is 47.1 Å². The van der Waals surface area contributed by atoms with Crippen molar-refractivity contribution < 1.29 is 4.74 Å². The zero-order chi connectivity index (χ0) is 13.9. The van der Waals surface area contributed by atoms with Crippen molar-refractivity contribution in [1.29, 1.82) is 0 Å². The van der Waals surface area contributed by atoms with E-state index < -0.39 is 0 Å². The molecule has 1 N–H and O–H groups in total. The third-order valence-corrected chi connectivity index (χ3v) is 5.28. The number of para-hydroxylation sites is 1. The number of hydrogen-bond donors (Lipinski definition) is 1. The molecule has 2 atom stereocenters. The Morgan fingerprint density at radius 3 is 2.90 bits per heavy atom. The largest absolute Gasteiger partial charge is 0.484 e. The van der Waals surface area contributed by atoms with Crippen molar-refractivity contribution in [3.05, 3.63) is 50.6 Å². The lowest BCUT2D eigenvalue weighted by atomic mass is 9.95. The third-order valence-electron chi connectivity index (χ3n) is 3.57. The van der Waals surface area contributed by atoms with Crippen LogP contribution >= 0.6 is 27.3 Å². The molecular weight excluding hydrogens is 334 g/mol. The fourth-order valence-corrected chi connectivity index (χ4v) is 4.07. The normalized spacial score (nSPS) is 21.3. The Labute approximate surface area is 132 Å². The Morgan fingerprint density at radius 1 is 1.30 bits per heavy atom. The van der Waals surface area contributed by atoms with Gasteiger partial charge in [-0.15, -0.1) is 11.3 Å². The smallest absolute Gasteiger partial charge is 0.135 e. The number of thiophene rings is 1. The molecule has 1 aromatic heterocycles. The van der Waals surface area contributed by atoms with Crippen molar-refractivity contribution in [1.82, 2.24) is 5.32 Å². The molecule has 0 aliphatic carbocycles. The Morgan fingerprint density at radius 2 is 2.15 bits per heavy atom. The van der Waals surface area contributed by atoms with Crippen molar-refractivity contribution in [3.63, 3.8) is 0 Å². The topological polar surface area (TPSA) is 21.3 Å². The summed E-state index contributed by atoms with van der Waals surface area (Å²) in [6.45, 7) is 3.24. The maximum absolute atomic E-state index is 6.19. The summed E-state index contributed by atoms with van der Waals surface area (Å²) in [4.78, 5) is 1.29. The van der Waals surface area contributed by atoms with Gasteiger partial charge in [0, 0.05) is 22.9 Å². The maximum Gasteiger partial charge on any atom is 0.135 e. The fraction of sp³-hybridized carbons (Fsp3) is 0.375. The highest BCUT2D eigenvalue weighted by Crippen LogP contribution is 2.42. The molecule has 0 saturated heterocycles. The molecule has 0 spiro atoms. The molecule has 2 nitrogen and oxygen atoms in total. The van der Waals surface area contributed by atoms with Crippen molar-refractivity contribution in [2.24, 2.45) is 0 Å². The fourth-order valence-electron chi connectivity index (χ4n) is 2.61. The molecule has 2 heterocycles. The van der Waals surface area contributed by atoms with Crippen LogP contribution in [-0.4, -0.2) is 6.54 Å². The van der Waals surface area contributed by atoms with E-state index in [1.54, 1.807) is 11.3 Å². The SMILES string of the molecule is CCCNC1CC(c2ccc(Br)s2)Oc2ccccc21. The molecule has 0 saturated carbocycles. The summed E-state index contributed by atoms with van der Waals surface area (Å²) in [5, 5.41) is 3.65. The summed E-state index contributed by atoms with van der Waals surface area (Å²) in [7, 11) is 0. The molecular formula is C16H18BrNOS. The Hall–Kier alpha value is -0.840. The molecule has 1 aliphatic rings. The highest BCUT2D eigenvalue weighted by molar-refractivity contribution is 9.11. The molecule has 0 radical (unpaired) electrons. The van der Waals surface area contributed by atoms with Crippen molar-refractivity contribution in [2.45, 2.75) is 31.9 Å². The second kappa shape index (κ2) is 6.29. The Kier molecular flexibility index (Phi) is 4.44. The molecule has 1 aromatic carbocycles. The highest BCUT2D eigenvalue weighted by atomic mass is 79.9. The zero-order valence-corrected chi connectivity index (χ0v) is 13.8. The van der Waals surface area contributed by atoms with Crippen LogP contribution in [0.4, 0.5) is 0 Å². The minimum absolute atomic E-state index is 0.149. The van der Waals surface area contributed by atoms with Crippen molar-refractivity contribution in [2.75, 3.05) is 6.54 Å². The number of ether oxygens (including phenoxy) is 1. The number of fused-ring (bicyclic) bond motifs is 1. The van der Waals surface area contributed by atoms with Crippen molar-refractivity contribution >= 4 is 27.3 Å². The van der Waals surface area contributed by atoms with Crippen LogP contribution in [-0.2, 0) is 0 Å². The first-order valence-electron chi connectivity index (χ1n) is 7.02. The first-order chi connectivity index (χ1) is 9.78. The number of nitrogens with one attached hydrogen (secondary N) is 1. The van der Waals surface area contributed by atoms with E-state index in [-0.39, 0.29) is 6.10 Å². The molecule has 0 amide bonds. The van der Waals surface area contributed by atoms with E-state index in [2.05, 4.69) is 58.5 Å². The van der Waals surface area contributed by atoms with Gasteiger partial charge in [-0.1, -0.05) is 25.1 Å². The van der Waals surface area contributed by atoms with Crippen molar-refractivity contribution in [3.8, 4) is 5.75 Å². The second-order valence-electron chi connectivity index (χ2n) is 5.03. The van der Waals surface area contributed by atoms with E-state index in [4.69, 9.17) is 4.74 Å². The monoisotopic (exact) mass is 351 g/mol. The standard InChI is InChI=1S/C16H18BrNOS/c1-2-9-18-12-10-14(15-7-8-16(17)20-15)19-13-6-4-3-5-11(12)13/h3-8,12,14,18H,2,9-10H2,1H3. The first kappa shape index (κ1) is 14.1. The summed E-state index contributed by atoms with van der Waals surface area (Å²) < 4.78 is 7.35. The van der Waals surface area contributed by atoms with E-state index >= 15 is 0 Å². The van der Waals surface area contributed by atoms with Gasteiger partial charge in [0.2, 0.25) is 0 Å². The van der Waals surface area contributed by atoms with E-state index in [9.17, 15) is 0 Å². The van der Waals surface area contributed by atoms with Gasteiger partial charge < -0.3 is 10.1 Å². The molecule has 2 aromatic rings. The summed E-state index contributed by atoms with van der Waals surface area (Å²) in [6, 6.07) is 13.0. The van der Waals surface area contributed by atoms with Gasteiger partial charge in [0.25, 0.3) is 0 Å². The van der Waals surface area contributed by atoms with Crippen LogP contribution in [0.3, 0.4) is 0 Å². The molecule has 2 unspecified atom stereocenters. The van der Waals surface area contributed by atoms with Gasteiger partial charge in [-0.25, -0.2) is 0 Å². The molecule has 1 aliphatic heterocycles. The molecule has 0 fully saturated rings. The average Bonchev–Trinajstić information content (AvgIpc) is 2.91. The quantitative estimate of drug-likeness (QED) is 0.829. The average molecular weight is 352 g/mol. The third kappa shape index (κ3) is 2.92. The molecule has 3 rings (SSSR count). The van der Waals surface area contributed by atoms with Crippen LogP contribution in [0.2, 0.25) is 0 Å². The summed E-state index contributed by atoms with van der Waals surface area (Å²) in [5.74, 6) is 1.02. The van der Waals surface area contributed by atoms with E-state index in [1.165, 1.54) is 10.4 Å². The lowest BCUT2D eigenvalue weighted by Gasteiger charge is -2.32. The predicted molar refractivity (Wildman–Crippen MR) is 87.5 cm³/mol. The van der Waals surface area contributed by atoms with Crippen LogP contribution in [0.5, 0.6) is 5.75 Å². The highest BCUT2D eigenvalue weighted by Gasteiger charge is 2.29. The molecule has 0 bridgehead atoms. The van der Waals surface area contributed by atoms with Crippen LogP contribution in [0, 0.1) is 0 Å². The van der Waals surface area contributed by atoms with E-state index in [0.717, 1.165) is 28.9 Å². The second-order valence-corrected chi connectivity index (χ2v) is 7.52. The summed E-state index contributed by atoms with van der Waals surface area (Å²) >= 11 is 5.29. The molecule has 20 heavy (non-hydrogen) atoms. The van der Waals surface area contributed by atoms with E-state index in [0.29, 0.717) is 6.04 Å². The number of halogens is 1. The zero-order valence-electron chi connectivity index (χ0n) is 11.4. The van der Waals surface area contributed by atoms with Crippen LogP contribution in [0.15, 0.2) is 40.2 Å². The van der Waals surface area contributed by atoms with Gasteiger partial charge in [0.15, 0.2) is 0 Å². The Bertz CT molecular complexity index is 583. The molecule has 106 valence electrons. The van der Waals surface area contributed by atoms with Crippen LogP contribution in [0.1, 0.15) is 42.4 Å². The minimum atomic E-state index is 0.149. The van der Waals surface area contributed by atoms with Crippen LogP contribution < -0.4 is 10.1 Å². The van der Waals surface area contributed by atoms with Gasteiger partial charge in [-0.2, -0.15) is 0 Å². The number of rotatable bonds is 4. The number of benzene rings is 1. The predicted octanol–water partition coefficient (Wildman–Crippen LogP) is 5.08. The van der Waals surface area contributed by atoms with E-state index in [1.807, 2.05) is 6.07 Å². The van der Waals surface area contributed by atoms with Gasteiger partial charge in [-0.3, -0.25) is 0 Å². The van der Waals surface area contributed by atoms with Crippen LogP contribution in [0.25, 0.3) is 0 Å². The maximum atomic E-state index is 6.19. The summed E-state index contributed by atoms with van der Waals surface area (Å²) in [6.07, 6.45) is 2.29. The van der Waals surface area contributed by atoms with Gasteiger partial charge in [0.1, 0.15) is 11.9 Å². The lowest BCUT2D eigenvalue weighted by molar-refractivity contribution is 0.155. The minimum Gasteiger partial charge on any atom is -0.484 e. The number of hydrogen-bond acceptors (Lipinski definition) is 3. The summed E-state index contributed by atoms with van der Waals surface area (Å²) in [5.41, 5.74) is 1.29. The lowest BCUT2D eigenvalue weighted by Crippen LogP contribution is -2.29.